The van der Waals surface area contributed by atoms with Crippen LogP contribution in [0.2, 0.25) is 0 Å². The molecule has 342 valence electrons. The summed E-state index contributed by atoms with van der Waals surface area (Å²) in [5.41, 5.74) is 1.19. The molecule has 6 rings (SSSR count). The lowest BCUT2D eigenvalue weighted by molar-refractivity contribution is 0.281. The summed E-state index contributed by atoms with van der Waals surface area (Å²) in [5, 5.41) is 0. The maximum atomic E-state index is 2.38. The van der Waals surface area contributed by atoms with Gasteiger partial charge in [0.15, 0.2) is 0 Å². The third-order valence-corrected chi connectivity index (χ3v) is 15.3. The first-order chi connectivity index (χ1) is 26.2. The standard InChI is InChI=1S/2C8H16.C7H14.2C6H12.C6H14.C5H10.2C5H12/c1-7-5-4-6-8(7,2)3;1-6-4-5-7(2)8(6)3;1-6-4-3-5-7(6)2;1-6-4-2-3-5-6;1-2-6-4-3-5-6;1-5-6(2,3)4;1-2-5-3-4-5;1-4-5(2)3;1-3-5-4-2/h7H,4-6H2,1-3H3;6-8H,4-5H2,1-3H3;6-7H,3-5H2,1-2H3;2*6H,2-5H2,1H3;5H2,1-4H3;5H,2-4H2,1H3;5H,4H2,1-3H3;3-5H2,1-2H3/t;;6-,7?;;;;;;/m..1....../s1. The number of hydrogen-bond acceptors (Lipinski definition) is 0. The highest BCUT2D eigenvalue weighted by Gasteiger charge is 2.30. The molecular formula is C56H118. The molecule has 6 fully saturated rings. The predicted octanol–water partition coefficient (Wildman–Crippen LogP) is 20.9. The van der Waals surface area contributed by atoms with Crippen molar-refractivity contribution >= 4 is 0 Å². The van der Waals surface area contributed by atoms with E-state index in [-0.39, 0.29) is 0 Å². The molecule has 0 amide bonds. The van der Waals surface area contributed by atoms with E-state index in [0.29, 0.717) is 10.8 Å². The van der Waals surface area contributed by atoms with Gasteiger partial charge in [0.2, 0.25) is 0 Å². The minimum absolute atomic E-state index is 0.542. The molecule has 6 aliphatic rings. The highest BCUT2D eigenvalue weighted by atomic mass is 14.4. The van der Waals surface area contributed by atoms with Crippen molar-refractivity contribution in [2.24, 2.45) is 70.0 Å². The first-order valence-corrected chi connectivity index (χ1v) is 26.2. The molecule has 0 nitrogen and oxygen atoms in total. The maximum Gasteiger partial charge on any atom is -0.0329 e. The van der Waals surface area contributed by atoms with Gasteiger partial charge in [0.05, 0.1) is 0 Å². The number of hydrogen-bond donors (Lipinski definition) is 0. The zero-order valence-corrected chi connectivity index (χ0v) is 43.7. The van der Waals surface area contributed by atoms with E-state index < -0.39 is 0 Å². The van der Waals surface area contributed by atoms with Crippen molar-refractivity contribution in [3.05, 3.63) is 0 Å². The summed E-state index contributed by atoms with van der Waals surface area (Å²) in [7, 11) is 0. The molecule has 0 N–H and O–H groups in total. The quantitative estimate of drug-likeness (QED) is 0.260. The first-order valence-electron chi connectivity index (χ1n) is 26.2. The lowest BCUT2D eigenvalue weighted by Crippen LogP contribution is -2.13. The van der Waals surface area contributed by atoms with Crippen LogP contribution in [-0.4, -0.2) is 0 Å². The average molecular weight is 792 g/mol. The van der Waals surface area contributed by atoms with Crippen molar-refractivity contribution in [3.8, 4) is 0 Å². The van der Waals surface area contributed by atoms with Crippen molar-refractivity contribution in [1.29, 1.82) is 0 Å². The van der Waals surface area contributed by atoms with Gasteiger partial charge in [-0.05, 0) is 76.4 Å². The third kappa shape index (κ3) is 38.2. The second kappa shape index (κ2) is 36.8. The summed E-state index contributed by atoms with van der Waals surface area (Å²) >= 11 is 0. The summed E-state index contributed by atoms with van der Waals surface area (Å²) < 4.78 is 0. The molecule has 0 heteroatoms. The van der Waals surface area contributed by atoms with Crippen LogP contribution in [-0.2, 0) is 0 Å². The smallest absolute Gasteiger partial charge is 0.0329 e. The van der Waals surface area contributed by atoms with E-state index in [1.165, 1.54) is 154 Å². The van der Waals surface area contributed by atoms with Gasteiger partial charge in [-0.15, -0.1) is 0 Å². The summed E-state index contributed by atoms with van der Waals surface area (Å²) in [4.78, 5) is 0. The molecule has 0 aromatic heterocycles. The summed E-state index contributed by atoms with van der Waals surface area (Å²) in [5.74, 6) is 10.1. The SMILES string of the molecule is CC1CCC(C)C1C.CC1CCCC1.CC1CCCC1(C)C.CC1CCC[C@H]1C.CCC(C)(C)C.CCC(C)C.CCC1CC1.CCC1CCC1.CCCCC. The van der Waals surface area contributed by atoms with Gasteiger partial charge < -0.3 is 0 Å². The van der Waals surface area contributed by atoms with Crippen LogP contribution in [0.3, 0.4) is 0 Å². The predicted molar refractivity (Wildman–Crippen MR) is 264 cm³/mol. The molecule has 6 aliphatic carbocycles. The molecule has 0 aromatic rings. The fraction of sp³-hybridized carbons (Fsp3) is 1.00. The van der Waals surface area contributed by atoms with E-state index in [9.17, 15) is 0 Å². The lowest BCUT2D eigenvalue weighted by atomic mass is 9.83. The van der Waals surface area contributed by atoms with Crippen LogP contribution in [0.5, 0.6) is 0 Å². The molecule has 56 heavy (non-hydrogen) atoms. The van der Waals surface area contributed by atoms with Gasteiger partial charge in [-0.3, -0.25) is 0 Å². The van der Waals surface area contributed by atoms with Gasteiger partial charge in [-0.2, -0.15) is 0 Å². The van der Waals surface area contributed by atoms with Gasteiger partial charge in [0.25, 0.3) is 0 Å². The average Bonchev–Trinajstić information content (AvgIpc) is 3.44. The van der Waals surface area contributed by atoms with Gasteiger partial charge in [0, 0.05) is 0 Å². The van der Waals surface area contributed by atoms with Crippen LogP contribution in [0, 0.1) is 70.0 Å². The Bertz CT molecular complexity index is 744. The van der Waals surface area contributed by atoms with E-state index >= 15 is 0 Å². The fourth-order valence-corrected chi connectivity index (χ4v) is 7.35. The van der Waals surface area contributed by atoms with Crippen LogP contribution < -0.4 is 0 Å². The van der Waals surface area contributed by atoms with Gasteiger partial charge >= 0.3 is 0 Å². The minimum atomic E-state index is 0.542. The van der Waals surface area contributed by atoms with Crippen molar-refractivity contribution in [2.45, 2.75) is 293 Å². The highest BCUT2D eigenvalue weighted by Crippen LogP contribution is 2.42. The van der Waals surface area contributed by atoms with E-state index in [4.69, 9.17) is 0 Å². The number of rotatable bonds is 5. The number of unbranched alkanes of at least 4 members (excludes halogenated alkanes) is 2. The van der Waals surface area contributed by atoms with E-state index in [0.717, 1.165) is 59.2 Å². The van der Waals surface area contributed by atoms with Crippen LogP contribution in [0.25, 0.3) is 0 Å². The maximum absolute atomic E-state index is 2.38. The van der Waals surface area contributed by atoms with Crippen LogP contribution in [0.15, 0.2) is 0 Å². The molecule has 0 saturated heterocycles. The topological polar surface area (TPSA) is 0 Å². The monoisotopic (exact) mass is 791 g/mol. The van der Waals surface area contributed by atoms with Crippen molar-refractivity contribution in [2.75, 3.05) is 0 Å². The van der Waals surface area contributed by atoms with Crippen LogP contribution in [0.4, 0.5) is 0 Å². The molecule has 5 atom stereocenters. The molecular weight excluding hydrogens is 673 g/mol. The molecule has 0 aromatic carbocycles. The van der Waals surface area contributed by atoms with Crippen molar-refractivity contribution in [1.82, 2.24) is 0 Å². The first kappa shape index (κ1) is 60.3. The second-order valence-electron chi connectivity index (χ2n) is 22.6. The van der Waals surface area contributed by atoms with E-state index in [1.807, 2.05) is 0 Å². The molecule has 0 aliphatic heterocycles. The Morgan fingerprint density at radius 1 is 0.500 bits per heavy atom. The van der Waals surface area contributed by atoms with Gasteiger partial charge in [-0.25, -0.2) is 0 Å². The molecule has 0 bridgehead atoms. The molecule has 6 saturated carbocycles. The normalized spacial score (nSPS) is 27.4. The van der Waals surface area contributed by atoms with Crippen molar-refractivity contribution in [3.63, 3.8) is 0 Å². The van der Waals surface area contributed by atoms with Crippen molar-refractivity contribution < 1.29 is 0 Å². The lowest BCUT2D eigenvalue weighted by Gasteiger charge is -2.22. The Balaban J connectivity index is -0.000000568. The summed E-state index contributed by atoms with van der Waals surface area (Å²) in [6.45, 7) is 45.8. The minimum Gasteiger partial charge on any atom is -0.0654 e. The van der Waals surface area contributed by atoms with Gasteiger partial charge in [-0.1, -0.05) is 286 Å². The van der Waals surface area contributed by atoms with Gasteiger partial charge in [0.1, 0.15) is 0 Å². The summed E-state index contributed by atoms with van der Waals surface area (Å²) in [6.07, 6.45) is 34.7. The molecule has 0 radical (unpaired) electrons. The molecule has 4 unspecified atom stereocenters. The summed E-state index contributed by atoms with van der Waals surface area (Å²) in [6, 6.07) is 0. The zero-order valence-electron chi connectivity index (χ0n) is 43.7. The Morgan fingerprint density at radius 3 is 0.964 bits per heavy atom. The highest BCUT2D eigenvalue weighted by molar-refractivity contribution is 4.81. The zero-order chi connectivity index (χ0) is 43.7. The largest absolute Gasteiger partial charge is 0.0654 e. The molecule has 0 heterocycles. The van der Waals surface area contributed by atoms with E-state index in [2.05, 4.69) is 138 Å². The molecule has 0 spiro atoms. The third-order valence-electron chi connectivity index (χ3n) is 15.3. The van der Waals surface area contributed by atoms with E-state index in [1.54, 1.807) is 0 Å². The van der Waals surface area contributed by atoms with Crippen LogP contribution in [0.1, 0.15) is 293 Å². The van der Waals surface area contributed by atoms with Crippen LogP contribution >= 0.6 is 0 Å². The Labute approximate surface area is 361 Å². The Hall–Kier alpha value is 0. The second-order valence-corrected chi connectivity index (χ2v) is 22.6. The fourth-order valence-electron chi connectivity index (χ4n) is 7.35. The Kier molecular flexibility index (Phi) is 39.6. The Morgan fingerprint density at radius 2 is 0.893 bits per heavy atom.